The van der Waals surface area contributed by atoms with Crippen molar-refractivity contribution >= 4 is 35.5 Å². The molecule has 0 aromatic heterocycles. The lowest BCUT2D eigenvalue weighted by Gasteiger charge is -2.32. The molecular weight excluding hydrogens is 680 g/mol. The van der Waals surface area contributed by atoms with E-state index in [4.69, 9.17) is 28.7 Å². The summed E-state index contributed by atoms with van der Waals surface area (Å²) in [6.07, 6.45) is -1.58. The van der Waals surface area contributed by atoms with Crippen LogP contribution in [0.1, 0.15) is 62.8 Å². The Balaban J connectivity index is 2.71. The minimum atomic E-state index is -1.67. The molecule has 0 spiro atoms. The van der Waals surface area contributed by atoms with Gasteiger partial charge in [0, 0.05) is 19.1 Å². The van der Waals surface area contributed by atoms with Gasteiger partial charge >= 0.3 is 5.97 Å². The molecule has 0 aliphatic rings. The van der Waals surface area contributed by atoms with E-state index >= 15 is 0 Å². The first-order chi connectivity index (χ1) is 24.8. The summed E-state index contributed by atoms with van der Waals surface area (Å²) in [4.78, 5) is 77.1. The highest BCUT2D eigenvalue weighted by atomic mass is 16.4. The zero-order valence-corrected chi connectivity index (χ0v) is 29.6. The quantitative estimate of drug-likeness (QED) is 0.0301. The van der Waals surface area contributed by atoms with Crippen LogP contribution in [0.2, 0.25) is 0 Å². The number of aliphatic hydroxyl groups excluding tert-OH is 2. The van der Waals surface area contributed by atoms with Gasteiger partial charge in [-0.05, 0) is 70.3 Å². The van der Waals surface area contributed by atoms with E-state index in [-0.39, 0.29) is 32.4 Å². The van der Waals surface area contributed by atoms with Crippen molar-refractivity contribution < 1.29 is 44.1 Å². The van der Waals surface area contributed by atoms with E-state index in [0.29, 0.717) is 23.6 Å². The number of aliphatic hydroxyl groups is 2. The van der Waals surface area contributed by atoms with Gasteiger partial charge in [0.1, 0.15) is 18.3 Å². The summed E-state index contributed by atoms with van der Waals surface area (Å²) in [5.41, 5.74) is 29.0. The Labute approximate surface area is 303 Å². The molecule has 19 nitrogen and oxygen atoms in total. The average molecular weight is 739 g/mol. The van der Waals surface area contributed by atoms with E-state index in [9.17, 15) is 44.1 Å². The zero-order chi connectivity index (χ0) is 39.1. The highest BCUT2D eigenvalue weighted by Gasteiger charge is 2.39. The van der Waals surface area contributed by atoms with Crippen molar-refractivity contribution in [3.8, 4) is 0 Å². The smallest absolute Gasteiger partial charge is 0.326 e. The third kappa shape index (κ3) is 17.5. The van der Waals surface area contributed by atoms with Gasteiger partial charge in [-0.25, -0.2) is 4.79 Å². The maximum atomic E-state index is 13.6. The van der Waals surface area contributed by atoms with Crippen LogP contribution in [-0.4, -0.2) is 132 Å². The fourth-order valence-corrected chi connectivity index (χ4v) is 5.22. The van der Waals surface area contributed by atoms with E-state index < -0.39 is 91.3 Å². The van der Waals surface area contributed by atoms with Gasteiger partial charge in [0.25, 0.3) is 0 Å². The van der Waals surface area contributed by atoms with Crippen molar-refractivity contribution in [1.29, 1.82) is 0 Å². The number of carbonyl (C=O) groups is 6. The van der Waals surface area contributed by atoms with Crippen LogP contribution >= 0.6 is 0 Å². The van der Waals surface area contributed by atoms with Gasteiger partial charge in [-0.1, -0.05) is 30.3 Å². The molecule has 0 radical (unpaired) electrons. The second-order valence-electron chi connectivity index (χ2n) is 12.3. The summed E-state index contributed by atoms with van der Waals surface area (Å²) in [6.45, 7) is 1.91. The van der Waals surface area contributed by atoms with Crippen molar-refractivity contribution in [3.05, 3.63) is 35.9 Å². The molecule has 0 fully saturated rings. The Hall–Kier alpha value is -3.92. The average Bonchev–Trinajstić information content (AvgIpc) is 3.09. The van der Waals surface area contributed by atoms with Crippen LogP contribution in [0.25, 0.3) is 0 Å². The number of hydrogen-bond donors (Lipinski definition) is 12. The Bertz CT molecular complexity index is 1260. The summed E-state index contributed by atoms with van der Waals surface area (Å²) in [6, 6.07) is 4.06. The summed E-state index contributed by atoms with van der Waals surface area (Å²) in [5, 5.41) is 40.5. The number of nitrogens with zero attached hydrogens (tertiary/aromatic N) is 1. The van der Waals surface area contributed by atoms with Crippen molar-refractivity contribution in [2.75, 3.05) is 45.8 Å². The van der Waals surface area contributed by atoms with Crippen LogP contribution in [0, 0.1) is 0 Å². The lowest BCUT2D eigenvalue weighted by atomic mass is 9.96. The van der Waals surface area contributed by atoms with Crippen LogP contribution in [-0.2, 0) is 28.8 Å². The SMILES string of the molecule is NCCCCNCCCNCC(=O)NC(=O)C[C@@H](O)[C@@H](N)CCC[C@@H](NC(=O)[C@H](CN)N(C(=O)C[C@H](N)O)C(=O)[C@H](CN)c1ccccc1)C(=O)O. The molecular formula is C33H58N10O9. The van der Waals surface area contributed by atoms with Gasteiger partial charge in [0.2, 0.25) is 29.5 Å². The molecule has 1 aromatic rings. The normalized spacial score (nSPS) is 14.7. The molecule has 0 unspecified atom stereocenters. The Kier molecular flexibility index (Phi) is 23.0. The predicted octanol–water partition coefficient (Wildman–Crippen LogP) is -4.15. The topological polar surface area (TPSA) is 345 Å². The number of carbonyl (C=O) groups excluding carboxylic acids is 5. The molecule has 0 bridgehead atoms. The molecule has 0 saturated carbocycles. The maximum absolute atomic E-state index is 13.6. The van der Waals surface area contributed by atoms with E-state index in [1.54, 1.807) is 30.3 Å². The van der Waals surface area contributed by atoms with E-state index in [2.05, 4.69) is 21.3 Å². The summed E-state index contributed by atoms with van der Waals surface area (Å²) in [5.74, 6) is -6.78. The third-order valence-corrected chi connectivity index (χ3v) is 8.08. The largest absolute Gasteiger partial charge is 0.480 e. The number of rotatable bonds is 27. The number of hydrogen-bond acceptors (Lipinski definition) is 15. The standard InChI is InChI=1S/C33H58N10O9/c34-12-4-5-13-39-14-7-15-40-20-29(47)42-28(46)16-26(44)23(37)10-6-11-24(33(51)52)41-31(49)25(19-36)43(30(48)17-27(38)45)32(50)22(18-35)21-8-2-1-3-9-21/h1-3,8-9,22-27,39-40,44-45H,4-7,10-20,34-38H2,(H,41,49)(H,51,52)(H,42,46,47)/t22-,23+,24-,25+,26-,27-/m1/s1. The van der Waals surface area contributed by atoms with Gasteiger partial charge in [0.05, 0.1) is 31.4 Å². The van der Waals surface area contributed by atoms with Crippen molar-refractivity contribution in [2.45, 2.75) is 87.7 Å². The maximum Gasteiger partial charge on any atom is 0.326 e. The van der Waals surface area contributed by atoms with Crippen LogP contribution in [0.4, 0.5) is 0 Å². The van der Waals surface area contributed by atoms with Crippen molar-refractivity contribution in [1.82, 2.24) is 26.2 Å². The molecule has 19 heteroatoms. The zero-order valence-electron chi connectivity index (χ0n) is 29.6. The van der Waals surface area contributed by atoms with Crippen LogP contribution in [0.15, 0.2) is 30.3 Å². The molecule has 294 valence electrons. The molecule has 0 aliphatic carbocycles. The Morgan fingerprint density at radius 2 is 1.42 bits per heavy atom. The molecule has 6 atom stereocenters. The summed E-state index contributed by atoms with van der Waals surface area (Å²) >= 11 is 0. The number of unbranched alkanes of at least 4 members (excludes halogenated alkanes) is 1. The summed E-state index contributed by atoms with van der Waals surface area (Å²) < 4.78 is 0. The fourth-order valence-electron chi connectivity index (χ4n) is 5.22. The number of imide groups is 2. The third-order valence-electron chi connectivity index (χ3n) is 8.08. The summed E-state index contributed by atoms with van der Waals surface area (Å²) in [7, 11) is 0. The molecule has 1 rings (SSSR count). The molecule has 0 heterocycles. The number of carboxylic acid groups (broad SMARTS) is 1. The number of aliphatic carboxylic acids is 1. The van der Waals surface area contributed by atoms with Crippen LogP contribution in [0.3, 0.4) is 0 Å². The molecule has 1 aromatic carbocycles. The highest BCUT2D eigenvalue weighted by molar-refractivity contribution is 6.03. The first-order valence-corrected chi connectivity index (χ1v) is 17.4. The minimum absolute atomic E-state index is 0.0386. The molecule has 5 amide bonds. The monoisotopic (exact) mass is 738 g/mol. The van der Waals surface area contributed by atoms with Gasteiger partial charge < -0.3 is 59.9 Å². The van der Waals surface area contributed by atoms with E-state index in [1.807, 2.05) is 0 Å². The van der Waals surface area contributed by atoms with Crippen molar-refractivity contribution in [3.63, 3.8) is 0 Å². The van der Waals surface area contributed by atoms with Crippen molar-refractivity contribution in [2.24, 2.45) is 28.7 Å². The lowest BCUT2D eigenvalue weighted by Crippen LogP contribution is -2.59. The van der Waals surface area contributed by atoms with Gasteiger partial charge in [0.15, 0.2) is 0 Å². The molecule has 17 N–H and O–H groups in total. The number of carboxylic acids is 1. The van der Waals surface area contributed by atoms with Gasteiger partial charge in [-0.2, -0.15) is 0 Å². The highest BCUT2D eigenvalue weighted by Crippen LogP contribution is 2.20. The van der Waals surface area contributed by atoms with E-state index in [1.165, 1.54) is 0 Å². The second kappa shape index (κ2) is 25.9. The molecule has 0 saturated heterocycles. The molecule has 0 aliphatic heterocycles. The van der Waals surface area contributed by atoms with E-state index in [0.717, 1.165) is 32.4 Å². The first-order valence-electron chi connectivity index (χ1n) is 17.4. The second-order valence-corrected chi connectivity index (χ2v) is 12.3. The fraction of sp³-hybridized carbons (Fsp3) is 0.636. The van der Waals surface area contributed by atoms with Gasteiger partial charge in [-0.15, -0.1) is 0 Å². The Morgan fingerprint density at radius 1 is 0.769 bits per heavy atom. The van der Waals surface area contributed by atoms with Gasteiger partial charge in [-0.3, -0.25) is 34.2 Å². The predicted molar refractivity (Wildman–Crippen MR) is 192 cm³/mol. The Morgan fingerprint density at radius 3 is 2.02 bits per heavy atom. The minimum Gasteiger partial charge on any atom is -0.480 e. The number of benzene rings is 1. The molecule has 52 heavy (non-hydrogen) atoms. The number of nitrogens with one attached hydrogen (secondary N) is 4. The lowest BCUT2D eigenvalue weighted by molar-refractivity contribution is -0.154. The number of amides is 5. The number of nitrogens with two attached hydrogens (primary N) is 5. The van der Waals surface area contributed by atoms with Crippen LogP contribution < -0.4 is 49.9 Å². The van der Waals surface area contributed by atoms with Crippen LogP contribution in [0.5, 0.6) is 0 Å². The first kappa shape index (κ1) is 46.1.